The van der Waals surface area contributed by atoms with Crippen LogP contribution in [0.4, 0.5) is 5.69 Å². The molecule has 124 valence electrons. The molecule has 0 fully saturated rings. The molecule has 4 rings (SSSR count). The monoisotopic (exact) mass is 348 g/mol. The molecule has 0 aliphatic heterocycles. The maximum atomic E-state index is 12.0. The summed E-state index contributed by atoms with van der Waals surface area (Å²) in [4.78, 5) is 23.6. The van der Waals surface area contributed by atoms with Gasteiger partial charge in [-0.3, -0.25) is 4.79 Å². The highest BCUT2D eigenvalue weighted by Gasteiger charge is 2.07. The molecule has 1 amide bonds. The van der Waals surface area contributed by atoms with Gasteiger partial charge in [0.05, 0.1) is 16.5 Å². The number of nitrogens with zero attached hydrogens (tertiary/aromatic N) is 2. The molecule has 25 heavy (non-hydrogen) atoms. The number of aromatic nitrogens is 3. The van der Waals surface area contributed by atoms with E-state index in [0.29, 0.717) is 12.8 Å². The number of imidazole rings is 1. The molecule has 0 aliphatic carbocycles. The number of carbonyl (C=O) groups excluding carboxylic acids is 1. The largest absolute Gasteiger partial charge is 0.348 e. The molecule has 0 radical (unpaired) electrons. The maximum Gasteiger partial charge on any atom is 0.224 e. The van der Waals surface area contributed by atoms with Crippen LogP contribution in [-0.4, -0.2) is 20.9 Å². The van der Waals surface area contributed by atoms with Gasteiger partial charge in [0.2, 0.25) is 5.91 Å². The van der Waals surface area contributed by atoms with E-state index in [1.54, 1.807) is 23.9 Å². The summed E-state index contributed by atoms with van der Waals surface area (Å²) in [5.41, 5.74) is 3.82. The summed E-state index contributed by atoms with van der Waals surface area (Å²) in [7, 11) is 0. The third-order valence-electron chi connectivity index (χ3n) is 3.89. The lowest BCUT2D eigenvalue weighted by molar-refractivity contribution is -0.116. The minimum Gasteiger partial charge on any atom is -0.348 e. The van der Waals surface area contributed by atoms with E-state index in [0.717, 1.165) is 27.5 Å². The molecular formula is C19H16N4OS. The fourth-order valence-electron chi connectivity index (χ4n) is 2.58. The summed E-state index contributed by atoms with van der Waals surface area (Å²) in [5, 5.41) is 3.90. The van der Waals surface area contributed by atoms with Gasteiger partial charge in [0.1, 0.15) is 5.01 Å². The molecule has 2 N–H and O–H groups in total. The number of para-hydroxylation sites is 1. The Kier molecular flexibility index (Phi) is 4.26. The van der Waals surface area contributed by atoms with Crippen LogP contribution in [0.25, 0.3) is 20.8 Å². The number of rotatable bonds is 5. The number of hydrogen-bond acceptors (Lipinski definition) is 4. The molecule has 6 heteroatoms. The van der Waals surface area contributed by atoms with Gasteiger partial charge in [-0.15, -0.1) is 11.3 Å². The molecule has 2 aromatic heterocycles. The van der Waals surface area contributed by atoms with E-state index in [9.17, 15) is 4.79 Å². The van der Waals surface area contributed by atoms with E-state index in [4.69, 9.17) is 0 Å². The summed E-state index contributed by atoms with van der Waals surface area (Å²) in [5.74, 6) is -0.0117. The molecule has 0 saturated carbocycles. The van der Waals surface area contributed by atoms with Crippen molar-refractivity contribution in [3.63, 3.8) is 0 Å². The quantitative estimate of drug-likeness (QED) is 0.566. The van der Waals surface area contributed by atoms with E-state index in [1.807, 2.05) is 42.5 Å². The van der Waals surface area contributed by atoms with Crippen molar-refractivity contribution in [3.05, 3.63) is 66.7 Å². The Morgan fingerprint density at radius 1 is 1.12 bits per heavy atom. The zero-order valence-electron chi connectivity index (χ0n) is 13.4. The van der Waals surface area contributed by atoms with Gasteiger partial charge in [0.25, 0.3) is 0 Å². The number of fused-ring (bicyclic) bond motifs is 1. The zero-order valence-corrected chi connectivity index (χ0v) is 14.2. The van der Waals surface area contributed by atoms with Gasteiger partial charge in [-0.1, -0.05) is 12.1 Å². The summed E-state index contributed by atoms with van der Waals surface area (Å²) >= 11 is 1.67. The number of anilines is 1. The predicted molar refractivity (Wildman–Crippen MR) is 101 cm³/mol. The number of H-pyrrole nitrogens is 1. The Morgan fingerprint density at radius 2 is 1.96 bits per heavy atom. The first-order chi connectivity index (χ1) is 12.3. The number of hydrogen-bond donors (Lipinski definition) is 2. The maximum absolute atomic E-state index is 12.0. The average molecular weight is 348 g/mol. The van der Waals surface area contributed by atoms with Gasteiger partial charge in [-0.25, -0.2) is 9.97 Å². The van der Waals surface area contributed by atoms with Crippen molar-refractivity contribution in [2.45, 2.75) is 12.8 Å². The van der Waals surface area contributed by atoms with Gasteiger partial charge < -0.3 is 10.3 Å². The van der Waals surface area contributed by atoms with Crippen LogP contribution >= 0.6 is 11.3 Å². The third kappa shape index (κ3) is 3.59. The molecule has 0 saturated heterocycles. The minimum atomic E-state index is -0.0117. The lowest BCUT2D eigenvalue weighted by Gasteiger charge is -2.05. The van der Waals surface area contributed by atoms with Crippen LogP contribution in [0.1, 0.15) is 12.1 Å². The van der Waals surface area contributed by atoms with Crippen molar-refractivity contribution in [3.8, 4) is 10.6 Å². The highest BCUT2D eigenvalue weighted by molar-refractivity contribution is 7.21. The molecular weight excluding hydrogens is 332 g/mol. The minimum absolute atomic E-state index is 0.0117. The van der Waals surface area contributed by atoms with Gasteiger partial charge >= 0.3 is 0 Å². The highest BCUT2D eigenvalue weighted by atomic mass is 32.1. The van der Waals surface area contributed by atoms with E-state index >= 15 is 0 Å². The van der Waals surface area contributed by atoms with Crippen LogP contribution in [0.15, 0.2) is 61.1 Å². The van der Waals surface area contributed by atoms with E-state index in [1.165, 1.54) is 4.70 Å². The number of aryl methyl sites for hydroxylation is 1. The highest BCUT2D eigenvalue weighted by Crippen LogP contribution is 2.30. The molecule has 0 unspecified atom stereocenters. The Morgan fingerprint density at radius 3 is 2.72 bits per heavy atom. The molecule has 0 aliphatic rings. The smallest absolute Gasteiger partial charge is 0.224 e. The SMILES string of the molecule is O=C(CCc1cnc[nH]1)Nc1ccc(-c2nc3ccccc3s2)cc1. The van der Waals surface area contributed by atoms with Crippen molar-refractivity contribution in [2.75, 3.05) is 5.32 Å². The van der Waals surface area contributed by atoms with Gasteiger partial charge in [0, 0.05) is 29.6 Å². The van der Waals surface area contributed by atoms with Crippen molar-refractivity contribution < 1.29 is 4.79 Å². The summed E-state index contributed by atoms with van der Waals surface area (Å²) in [6.07, 6.45) is 4.42. The van der Waals surface area contributed by atoms with E-state index in [-0.39, 0.29) is 5.91 Å². The van der Waals surface area contributed by atoms with Gasteiger partial charge in [-0.2, -0.15) is 0 Å². The Hall–Kier alpha value is -2.99. The topological polar surface area (TPSA) is 70.7 Å². The number of amides is 1. The molecule has 4 aromatic rings. The Labute approximate surface area is 148 Å². The number of thiazole rings is 1. The Bertz CT molecular complexity index is 957. The Balaban J connectivity index is 1.42. The zero-order chi connectivity index (χ0) is 17.1. The third-order valence-corrected chi connectivity index (χ3v) is 4.97. The standard InChI is InChI=1S/C19H16N4OS/c24-18(10-9-15-11-20-12-21-15)22-14-7-5-13(6-8-14)19-23-16-3-1-2-4-17(16)25-19/h1-8,11-12H,9-10H2,(H,20,21)(H,22,24). The second-order valence-corrected chi connectivity index (χ2v) is 6.72. The van der Waals surface area contributed by atoms with E-state index in [2.05, 4.69) is 26.3 Å². The molecule has 5 nitrogen and oxygen atoms in total. The van der Waals surface area contributed by atoms with Crippen LogP contribution in [0.2, 0.25) is 0 Å². The van der Waals surface area contributed by atoms with Crippen LogP contribution in [0.3, 0.4) is 0 Å². The number of nitrogens with one attached hydrogen (secondary N) is 2. The van der Waals surface area contributed by atoms with Crippen LogP contribution in [-0.2, 0) is 11.2 Å². The van der Waals surface area contributed by atoms with Crippen molar-refractivity contribution in [1.82, 2.24) is 15.0 Å². The van der Waals surface area contributed by atoms with Crippen molar-refractivity contribution in [1.29, 1.82) is 0 Å². The summed E-state index contributed by atoms with van der Waals surface area (Å²) in [6, 6.07) is 15.9. The first-order valence-electron chi connectivity index (χ1n) is 8.01. The molecule has 0 atom stereocenters. The normalized spacial score (nSPS) is 10.9. The molecule has 0 bridgehead atoms. The first-order valence-corrected chi connectivity index (χ1v) is 8.83. The fraction of sp³-hybridized carbons (Fsp3) is 0.105. The van der Waals surface area contributed by atoms with Gasteiger partial charge in [0.15, 0.2) is 0 Å². The van der Waals surface area contributed by atoms with Crippen LogP contribution in [0.5, 0.6) is 0 Å². The lowest BCUT2D eigenvalue weighted by atomic mass is 10.2. The van der Waals surface area contributed by atoms with Crippen molar-refractivity contribution in [2.24, 2.45) is 0 Å². The second kappa shape index (κ2) is 6.86. The first kappa shape index (κ1) is 15.5. The molecule has 0 spiro atoms. The summed E-state index contributed by atoms with van der Waals surface area (Å²) in [6.45, 7) is 0. The lowest BCUT2D eigenvalue weighted by Crippen LogP contribution is -2.12. The van der Waals surface area contributed by atoms with Crippen LogP contribution in [0, 0.1) is 0 Å². The predicted octanol–water partition coefficient (Wildman–Crippen LogP) is 4.26. The van der Waals surface area contributed by atoms with E-state index < -0.39 is 0 Å². The molecule has 2 aromatic carbocycles. The van der Waals surface area contributed by atoms with Crippen molar-refractivity contribution >= 4 is 33.1 Å². The number of carbonyl (C=O) groups is 1. The average Bonchev–Trinajstić information content (AvgIpc) is 3.30. The number of aromatic amines is 1. The van der Waals surface area contributed by atoms with Crippen LogP contribution < -0.4 is 5.32 Å². The molecule has 2 heterocycles. The summed E-state index contributed by atoms with van der Waals surface area (Å²) < 4.78 is 1.17. The number of benzene rings is 2. The second-order valence-electron chi connectivity index (χ2n) is 5.69. The fourth-order valence-corrected chi connectivity index (χ4v) is 3.56. The van der Waals surface area contributed by atoms with Gasteiger partial charge in [-0.05, 0) is 42.8 Å².